The van der Waals surface area contributed by atoms with E-state index < -0.39 is 0 Å². The minimum absolute atomic E-state index is 0.542. The number of hydrogen-bond acceptors (Lipinski definition) is 7. The highest BCUT2D eigenvalue weighted by Gasteiger charge is 2.04. The summed E-state index contributed by atoms with van der Waals surface area (Å²) in [6, 6.07) is 17.4. The van der Waals surface area contributed by atoms with Crippen LogP contribution in [-0.4, -0.2) is 30.4 Å². The van der Waals surface area contributed by atoms with Crippen LogP contribution in [0.15, 0.2) is 59.7 Å². The number of aryl methyl sites for hydroxylation is 1. The maximum Gasteiger partial charge on any atom is 0.225 e. The van der Waals surface area contributed by atoms with Crippen molar-refractivity contribution in [1.82, 2.24) is 9.97 Å². The number of benzene rings is 2. The van der Waals surface area contributed by atoms with E-state index in [1.54, 1.807) is 20.4 Å². The molecule has 2 aromatic carbocycles. The lowest BCUT2D eigenvalue weighted by Crippen LogP contribution is -2.06. The Bertz CT molecular complexity index is 945. The van der Waals surface area contributed by atoms with Crippen LogP contribution in [0.1, 0.15) is 16.8 Å². The topological polar surface area (TPSA) is 80.7 Å². The smallest absolute Gasteiger partial charge is 0.225 e. The first-order chi connectivity index (χ1) is 13.7. The first-order valence-corrected chi connectivity index (χ1v) is 8.82. The van der Waals surface area contributed by atoms with Gasteiger partial charge in [-0.05, 0) is 30.7 Å². The van der Waals surface area contributed by atoms with Crippen LogP contribution in [-0.2, 0) is 6.54 Å². The SMILES string of the molecule is COc1ccc(OC)c(/C=N/Nc2cc(C)nc(NCc3ccccc3)n2)c1. The number of nitrogens with one attached hydrogen (secondary N) is 2. The van der Waals surface area contributed by atoms with Crippen LogP contribution < -0.4 is 20.2 Å². The molecule has 0 saturated heterocycles. The molecule has 7 heteroatoms. The Balaban J connectivity index is 1.69. The van der Waals surface area contributed by atoms with E-state index in [1.807, 2.05) is 61.5 Å². The number of hydrazone groups is 1. The highest BCUT2D eigenvalue weighted by Crippen LogP contribution is 2.22. The summed E-state index contributed by atoms with van der Waals surface area (Å²) < 4.78 is 10.6. The van der Waals surface area contributed by atoms with E-state index >= 15 is 0 Å². The van der Waals surface area contributed by atoms with Gasteiger partial charge >= 0.3 is 0 Å². The highest BCUT2D eigenvalue weighted by molar-refractivity contribution is 5.84. The van der Waals surface area contributed by atoms with Crippen molar-refractivity contribution in [1.29, 1.82) is 0 Å². The zero-order valence-corrected chi connectivity index (χ0v) is 16.1. The monoisotopic (exact) mass is 377 g/mol. The van der Waals surface area contributed by atoms with Gasteiger partial charge in [-0.1, -0.05) is 30.3 Å². The van der Waals surface area contributed by atoms with E-state index in [9.17, 15) is 0 Å². The number of ether oxygens (including phenoxy) is 2. The molecular weight excluding hydrogens is 354 g/mol. The quantitative estimate of drug-likeness (QED) is 0.458. The van der Waals surface area contributed by atoms with Gasteiger partial charge in [0.2, 0.25) is 5.95 Å². The summed E-state index contributed by atoms with van der Waals surface area (Å²) in [6.45, 7) is 2.56. The molecule has 7 nitrogen and oxygen atoms in total. The lowest BCUT2D eigenvalue weighted by Gasteiger charge is -2.08. The maximum absolute atomic E-state index is 5.35. The van der Waals surface area contributed by atoms with Gasteiger partial charge in [-0.15, -0.1) is 0 Å². The van der Waals surface area contributed by atoms with Gasteiger partial charge in [0, 0.05) is 23.9 Å². The molecule has 0 atom stereocenters. The molecule has 0 aliphatic heterocycles. The summed E-state index contributed by atoms with van der Waals surface area (Å²) in [7, 11) is 3.24. The second-order valence-electron chi connectivity index (χ2n) is 6.04. The van der Waals surface area contributed by atoms with E-state index in [0.29, 0.717) is 24.1 Å². The fourth-order valence-electron chi connectivity index (χ4n) is 2.59. The fourth-order valence-corrected chi connectivity index (χ4v) is 2.59. The van der Waals surface area contributed by atoms with Crippen molar-refractivity contribution in [2.75, 3.05) is 25.0 Å². The third-order valence-corrected chi connectivity index (χ3v) is 3.97. The molecule has 0 saturated carbocycles. The normalized spacial score (nSPS) is 10.7. The van der Waals surface area contributed by atoms with Gasteiger partial charge in [0.25, 0.3) is 0 Å². The second-order valence-corrected chi connectivity index (χ2v) is 6.04. The molecule has 3 rings (SSSR count). The van der Waals surface area contributed by atoms with Crippen LogP contribution in [0.5, 0.6) is 11.5 Å². The van der Waals surface area contributed by atoms with Crippen molar-refractivity contribution in [3.63, 3.8) is 0 Å². The summed E-state index contributed by atoms with van der Waals surface area (Å²) in [5, 5.41) is 7.50. The fraction of sp³-hybridized carbons (Fsp3) is 0.190. The van der Waals surface area contributed by atoms with Crippen molar-refractivity contribution in [3.05, 3.63) is 71.4 Å². The van der Waals surface area contributed by atoms with E-state index in [-0.39, 0.29) is 0 Å². The van der Waals surface area contributed by atoms with Crippen LogP contribution in [0.2, 0.25) is 0 Å². The molecule has 0 aliphatic carbocycles. The summed E-state index contributed by atoms with van der Waals surface area (Å²) in [6.07, 6.45) is 1.66. The van der Waals surface area contributed by atoms with E-state index in [2.05, 4.69) is 25.8 Å². The van der Waals surface area contributed by atoms with Crippen molar-refractivity contribution in [2.24, 2.45) is 5.10 Å². The molecule has 0 unspecified atom stereocenters. The number of methoxy groups -OCH3 is 2. The predicted octanol–water partition coefficient (Wildman–Crippen LogP) is 3.86. The molecule has 0 bridgehead atoms. The molecular formula is C21H23N5O2. The largest absolute Gasteiger partial charge is 0.497 e. The second kappa shape index (κ2) is 9.36. The number of aromatic nitrogens is 2. The van der Waals surface area contributed by atoms with Gasteiger partial charge in [-0.2, -0.15) is 10.1 Å². The van der Waals surface area contributed by atoms with Crippen molar-refractivity contribution >= 4 is 18.0 Å². The van der Waals surface area contributed by atoms with Gasteiger partial charge < -0.3 is 14.8 Å². The van der Waals surface area contributed by atoms with Crippen LogP contribution in [0.3, 0.4) is 0 Å². The molecule has 28 heavy (non-hydrogen) atoms. The Labute approximate surface area is 164 Å². The van der Waals surface area contributed by atoms with Crippen molar-refractivity contribution < 1.29 is 9.47 Å². The van der Waals surface area contributed by atoms with Crippen LogP contribution in [0, 0.1) is 6.92 Å². The summed E-state index contributed by atoms with van der Waals surface area (Å²) in [4.78, 5) is 8.87. The van der Waals surface area contributed by atoms with E-state index in [1.165, 1.54) is 0 Å². The molecule has 0 radical (unpaired) electrons. The summed E-state index contributed by atoms with van der Waals surface area (Å²) in [5.74, 6) is 2.57. The average molecular weight is 377 g/mol. The highest BCUT2D eigenvalue weighted by atomic mass is 16.5. The molecule has 1 heterocycles. The lowest BCUT2D eigenvalue weighted by atomic mass is 10.2. The van der Waals surface area contributed by atoms with Gasteiger partial charge in [0.15, 0.2) is 5.82 Å². The van der Waals surface area contributed by atoms with Crippen molar-refractivity contribution in [2.45, 2.75) is 13.5 Å². The maximum atomic E-state index is 5.35. The predicted molar refractivity (Wildman–Crippen MR) is 111 cm³/mol. The summed E-state index contributed by atoms with van der Waals surface area (Å²) in [5.41, 5.74) is 5.73. The molecule has 0 amide bonds. The zero-order chi connectivity index (χ0) is 19.8. The molecule has 3 aromatic rings. The average Bonchev–Trinajstić information content (AvgIpc) is 2.72. The number of hydrogen-bond donors (Lipinski definition) is 2. The minimum atomic E-state index is 0.542. The molecule has 0 fully saturated rings. The third-order valence-electron chi connectivity index (χ3n) is 3.97. The Morgan fingerprint density at radius 2 is 1.82 bits per heavy atom. The molecule has 2 N–H and O–H groups in total. The summed E-state index contributed by atoms with van der Waals surface area (Å²) >= 11 is 0. The standard InChI is InChI=1S/C21H23N5O2/c1-15-11-20(25-21(24-15)22-13-16-7-5-4-6-8-16)26-23-14-17-12-18(27-2)9-10-19(17)28-3/h4-12,14H,13H2,1-3H3,(H2,22,24,25,26)/b23-14+. The number of nitrogens with zero attached hydrogens (tertiary/aromatic N) is 3. The van der Waals surface area contributed by atoms with Crippen LogP contribution in [0.4, 0.5) is 11.8 Å². The zero-order valence-electron chi connectivity index (χ0n) is 16.1. The lowest BCUT2D eigenvalue weighted by molar-refractivity contribution is 0.402. The van der Waals surface area contributed by atoms with Gasteiger partial charge in [-0.3, -0.25) is 5.43 Å². The Morgan fingerprint density at radius 3 is 2.57 bits per heavy atom. The van der Waals surface area contributed by atoms with Crippen LogP contribution >= 0.6 is 0 Å². The first-order valence-electron chi connectivity index (χ1n) is 8.82. The molecule has 1 aromatic heterocycles. The van der Waals surface area contributed by atoms with Crippen molar-refractivity contribution in [3.8, 4) is 11.5 Å². The number of anilines is 2. The molecule has 144 valence electrons. The number of rotatable bonds is 8. The molecule has 0 aliphatic rings. The van der Waals surface area contributed by atoms with E-state index in [0.717, 1.165) is 22.6 Å². The Kier molecular flexibility index (Phi) is 6.41. The van der Waals surface area contributed by atoms with Gasteiger partial charge in [0.1, 0.15) is 11.5 Å². The first kappa shape index (κ1) is 19.2. The Morgan fingerprint density at radius 1 is 1.00 bits per heavy atom. The third kappa shape index (κ3) is 5.20. The minimum Gasteiger partial charge on any atom is -0.497 e. The molecule has 0 spiro atoms. The van der Waals surface area contributed by atoms with Gasteiger partial charge in [0.05, 0.1) is 20.4 Å². The Hall–Kier alpha value is -3.61. The van der Waals surface area contributed by atoms with E-state index in [4.69, 9.17) is 9.47 Å². The van der Waals surface area contributed by atoms with Gasteiger partial charge in [-0.25, -0.2) is 4.98 Å². The van der Waals surface area contributed by atoms with Crippen LogP contribution in [0.25, 0.3) is 0 Å².